The monoisotopic (exact) mass is 625 g/mol. The topological polar surface area (TPSA) is 96.7 Å². The maximum atomic E-state index is 14.6. The van der Waals surface area contributed by atoms with E-state index in [0.29, 0.717) is 65.6 Å². The highest BCUT2D eigenvalue weighted by Crippen LogP contribution is 2.35. The molecule has 0 spiro atoms. The van der Waals surface area contributed by atoms with Crippen LogP contribution in [0.2, 0.25) is 5.02 Å². The van der Waals surface area contributed by atoms with Crippen LogP contribution in [0.3, 0.4) is 0 Å². The van der Waals surface area contributed by atoms with Crippen LogP contribution in [0.4, 0.5) is 27.4 Å². The number of thiazole rings is 1. The van der Waals surface area contributed by atoms with Crippen molar-refractivity contribution in [3.8, 4) is 22.6 Å². The summed E-state index contributed by atoms with van der Waals surface area (Å²) in [5.74, 6) is -0.343. The number of rotatable bonds is 7. The van der Waals surface area contributed by atoms with Gasteiger partial charge in [0.25, 0.3) is 5.91 Å². The quantitative estimate of drug-likeness (QED) is 0.195. The Morgan fingerprint density at radius 3 is 2.70 bits per heavy atom. The number of imidazole rings is 1. The van der Waals surface area contributed by atoms with Gasteiger partial charge in [0.15, 0.2) is 4.96 Å². The van der Waals surface area contributed by atoms with Gasteiger partial charge in [-0.3, -0.25) is 9.20 Å². The van der Waals surface area contributed by atoms with Gasteiger partial charge in [-0.2, -0.15) is 0 Å². The minimum atomic E-state index is -0.354. The SMILES string of the molecule is O=C(Nc1cccc(-c2nc3sccn3c2-c2ccnc(Nc3cc(F)cc(N4CCOCC4)c3)n2)c1)c1ccccc1Cl. The van der Waals surface area contributed by atoms with E-state index in [4.69, 9.17) is 26.3 Å². The molecule has 6 aromatic rings. The van der Waals surface area contributed by atoms with Crippen LogP contribution >= 0.6 is 22.9 Å². The number of hydrogen-bond acceptors (Lipinski definition) is 8. The number of fused-ring (bicyclic) bond motifs is 1. The first-order chi connectivity index (χ1) is 21.5. The summed E-state index contributed by atoms with van der Waals surface area (Å²) in [7, 11) is 0. The second-order valence-corrected chi connectivity index (χ2v) is 11.3. The molecule has 0 saturated carbocycles. The van der Waals surface area contributed by atoms with Gasteiger partial charge in [0.05, 0.1) is 35.2 Å². The summed E-state index contributed by atoms with van der Waals surface area (Å²) >= 11 is 7.74. The van der Waals surface area contributed by atoms with Gasteiger partial charge in [-0.25, -0.2) is 19.3 Å². The Morgan fingerprint density at radius 1 is 0.977 bits per heavy atom. The average Bonchev–Trinajstić information content (AvgIpc) is 3.64. The van der Waals surface area contributed by atoms with E-state index >= 15 is 0 Å². The molecule has 4 heterocycles. The molecule has 0 bridgehead atoms. The fourth-order valence-corrected chi connectivity index (χ4v) is 6.09. The maximum Gasteiger partial charge on any atom is 0.257 e. The molecular weight excluding hydrogens is 601 g/mol. The van der Waals surface area contributed by atoms with Gasteiger partial charge in [0.2, 0.25) is 5.95 Å². The zero-order valence-electron chi connectivity index (χ0n) is 23.2. The molecule has 44 heavy (non-hydrogen) atoms. The van der Waals surface area contributed by atoms with Crippen LogP contribution in [0.25, 0.3) is 27.6 Å². The smallest absolute Gasteiger partial charge is 0.257 e. The summed E-state index contributed by atoms with van der Waals surface area (Å²) < 4.78 is 22.0. The number of benzene rings is 3. The third-order valence-corrected chi connectivity index (χ3v) is 8.27. The van der Waals surface area contributed by atoms with Crippen molar-refractivity contribution in [3.63, 3.8) is 0 Å². The summed E-state index contributed by atoms with van der Waals surface area (Å²) in [6, 6.07) is 21.0. The van der Waals surface area contributed by atoms with Crippen molar-refractivity contribution < 1.29 is 13.9 Å². The summed E-state index contributed by atoms with van der Waals surface area (Å²) in [4.78, 5) is 29.9. The molecule has 1 amide bonds. The normalized spacial score (nSPS) is 13.3. The lowest BCUT2D eigenvalue weighted by Gasteiger charge is -2.29. The lowest BCUT2D eigenvalue weighted by atomic mass is 10.1. The number of morpholine rings is 1. The number of amides is 1. The highest BCUT2D eigenvalue weighted by Gasteiger charge is 2.20. The molecule has 0 atom stereocenters. The lowest BCUT2D eigenvalue weighted by Crippen LogP contribution is -2.36. The van der Waals surface area contributed by atoms with E-state index in [0.717, 1.165) is 21.9 Å². The maximum absolute atomic E-state index is 14.6. The molecule has 220 valence electrons. The predicted octanol–water partition coefficient (Wildman–Crippen LogP) is 7.14. The second-order valence-electron chi connectivity index (χ2n) is 10.1. The number of aromatic nitrogens is 4. The Hall–Kier alpha value is -4.84. The molecule has 0 aliphatic carbocycles. The van der Waals surface area contributed by atoms with Crippen molar-refractivity contribution in [2.45, 2.75) is 0 Å². The number of nitrogens with zero attached hydrogens (tertiary/aromatic N) is 5. The molecule has 3 aromatic heterocycles. The van der Waals surface area contributed by atoms with Gasteiger partial charge in [-0.15, -0.1) is 11.3 Å². The van der Waals surface area contributed by atoms with Gasteiger partial charge >= 0.3 is 0 Å². The van der Waals surface area contributed by atoms with Crippen molar-refractivity contribution in [2.24, 2.45) is 0 Å². The van der Waals surface area contributed by atoms with E-state index in [1.54, 1.807) is 30.5 Å². The second kappa shape index (κ2) is 12.0. The number of nitrogens with one attached hydrogen (secondary N) is 2. The van der Waals surface area contributed by atoms with Crippen molar-refractivity contribution in [2.75, 3.05) is 41.8 Å². The summed E-state index contributed by atoms with van der Waals surface area (Å²) in [6.45, 7) is 2.60. The van der Waals surface area contributed by atoms with Crippen LogP contribution in [0.5, 0.6) is 0 Å². The largest absolute Gasteiger partial charge is 0.378 e. The minimum absolute atomic E-state index is 0.306. The van der Waals surface area contributed by atoms with Crippen molar-refractivity contribution in [1.82, 2.24) is 19.4 Å². The Morgan fingerprint density at radius 2 is 1.84 bits per heavy atom. The minimum Gasteiger partial charge on any atom is -0.378 e. The van der Waals surface area contributed by atoms with Crippen molar-refractivity contribution >= 4 is 56.8 Å². The molecule has 9 nitrogen and oxygen atoms in total. The Balaban J connectivity index is 1.21. The molecular formula is C32H25ClFN7O2S. The summed E-state index contributed by atoms with van der Waals surface area (Å²) in [5, 5.41) is 8.44. The van der Waals surface area contributed by atoms with Gasteiger partial charge < -0.3 is 20.3 Å². The number of anilines is 4. The van der Waals surface area contributed by atoms with Crippen LogP contribution in [-0.2, 0) is 4.74 Å². The standard InChI is InChI=1S/C32H25ClFN7O2S/c33-26-7-2-1-6-25(26)30(42)36-22-5-3-4-20(16-22)28-29(41-12-15-44-32(41)39-28)27-8-9-35-31(38-27)37-23-17-21(34)18-24(19-23)40-10-13-43-14-11-40/h1-9,12,15-19H,10-11,13-14H2,(H,36,42)(H,35,37,38). The van der Waals surface area contributed by atoms with Gasteiger partial charge in [0.1, 0.15) is 11.5 Å². The first-order valence-corrected chi connectivity index (χ1v) is 15.1. The van der Waals surface area contributed by atoms with Gasteiger partial charge in [-0.05, 0) is 48.5 Å². The number of carbonyl (C=O) groups excluding carboxylic acids is 1. The van der Waals surface area contributed by atoms with Crippen LogP contribution in [-0.4, -0.2) is 51.6 Å². The molecule has 1 aliphatic rings. The Bertz CT molecular complexity index is 1990. The molecule has 1 aliphatic heterocycles. The molecule has 1 fully saturated rings. The Kier molecular flexibility index (Phi) is 7.65. The van der Waals surface area contributed by atoms with E-state index in [2.05, 4.69) is 20.5 Å². The van der Waals surface area contributed by atoms with Crippen molar-refractivity contribution in [3.05, 3.63) is 107 Å². The third-order valence-electron chi connectivity index (χ3n) is 7.19. The predicted molar refractivity (Wildman–Crippen MR) is 172 cm³/mol. The zero-order chi connectivity index (χ0) is 30.0. The van der Waals surface area contributed by atoms with Crippen LogP contribution < -0.4 is 15.5 Å². The summed E-state index contributed by atoms with van der Waals surface area (Å²) in [5.41, 5.74) is 5.16. The highest BCUT2D eigenvalue weighted by molar-refractivity contribution is 7.15. The first-order valence-electron chi connectivity index (χ1n) is 13.9. The molecule has 12 heteroatoms. The van der Waals surface area contributed by atoms with Crippen LogP contribution in [0.15, 0.2) is 90.6 Å². The third kappa shape index (κ3) is 5.72. The van der Waals surface area contributed by atoms with E-state index < -0.39 is 0 Å². The first kappa shape index (κ1) is 28.0. The fraction of sp³-hybridized carbons (Fsp3) is 0.125. The van der Waals surface area contributed by atoms with E-state index in [9.17, 15) is 9.18 Å². The van der Waals surface area contributed by atoms with Crippen LogP contribution in [0, 0.1) is 5.82 Å². The van der Waals surface area contributed by atoms with Crippen LogP contribution in [0.1, 0.15) is 10.4 Å². The molecule has 1 saturated heterocycles. The highest BCUT2D eigenvalue weighted by atomic mass is 35.5. The molecule has 2 N–H and O–H groups in total. The number of hydrogen-bond donors (Lipinski definition) is 2. The number of ether oxygens (including phenoxy) is 1. The van der Waals surface area contributed by atoms with Gasteiger partial charge in [0, 0.05) is 53.5 Å². The molecule has 0 unspecified atom stereocenters. The summed E-state index contributed by atoms with van der Waals surface area (Å²) in [6.07, 6.45) is 3.59. The number of carbonyl (C=O) groups is 1. The molecule has 0 radical (unpaired) electrons. The zero-order valence-corrected chi connectivity index (χ0v) is 24.8. The van der Waals surface area contributed by atoms with E-state index in [1.807, 2.05) is 52.4 Å². The van der Waals surface area contributed by atoms with Gasteiger partial charge in [-0.1, -0.05) is 35.9 Å². The Labute approximate surface area is 260 Å². The lowest BCUT2D eigenvalue weighted by molar-refractivity contribution is 0.102. The molecule has 3 aromatic carbocycles. The van der Waals surface area contributed by atoms with E-state index in [1.165, 1.54) is 23.5 Å². The molecule has 7 rings (SSSR count). The average molecular weight is 626 g/mol. The van der Waals surface area contributed by atoms with Crippen molar-refractivity contribution in [1.29, 1.82) is 0 Å². The van der Waals surface area contributed by atoms with E-state index in [-0.39, 0.29) is 11.7 Å². The fourth-order valence-electron chi connectivity index (χ4n) is 5.15. The number of halogens is 2.